The first-order valence-corrected chi connectivity index (χ1v) is 9.30. The monoisotopic (exact) mass is 373 g/mol. The lowest BCUT2D eigenvalue weighted by atomic mass is 10.2. The number of sulfonamides is 1. The van der Waals surface area contributed by atoms with Gasteiger partial charge in [-0.2, -0.15) is 4.31 Å². The summed E-state index contributed by atoms with van der Waals surface area (Å²) >= 11 is 0. The first-order valence-electron chi connectivity index (χ1n) is 7.86. The standard InChI is InChI=1S/C15H23N3O6S/c1-17-10-11(9-13(17)15(20)24-3)25(21,22)18-7-4-5-12(18)14(19)16-6-8-23-2/h9-10,12H,4-8H2,1-3H3,(H,16,19)/t12-/m0/s1. The molecule has 1 aliphatic rings. The van der Waals surface area contributed by atoms with Crippen LogP contribution in [0.2, 0.25) is 0 Å². The number of hydrogen-bond donors (Lipinski definition) is 1. The van der Waals surface area contributed by atoms with Crippen LogP contribution >= 0.6 is 0 Å². The Kier molecular flexibility index (Phi) is 6.20. The molecule has 0 aliphatic carbocycles. The fraction of sp³-hybridized carbons (Fsp3) is 0.600. The van der Waals surface area contributed by atoms with E-state index in [1.807, 2.05) is 0 Å². The van der Waals surface area contributed by atoms with Crippen molar-refractivity contribution >= 4 is 21.9 Å². The van der Waals surface area contributed by atoms with Gasteiger partial charge in [-0.05, 0) is 18.9 Å². The van der Waals surface area contributed by atoms with Crippen molar-refractivity contribution in [3.8, 4) is 0 Å². The highest BCUT2D eigenvalue weighted by atomic mass is 32.2. The van der Waals surface area contributed by atoms with E-state index < -0.39 is 22.0 Å². The Morgan fingerprint density at radius 2 is 2.08 bits per heavy atom. The van der Waals surface area contributed by atoms with Gasteiger partial charge in [-0.25, -0.2) is 13.2 Å². The maximum atomic E-state index is 12.9. The van der Waals surface area contributed by atoms with Crippen molar-refractivity contribution < 1.29 is 27.5 Å². The second-order valence-electron chi connectivity index (χ2n) is 5.72. The molecule has 2 rings (SSSR count). The van der Waals surface area contributed by atoms with Crippen LogP contribution in [0.3, 0.4) is 0 Å². The SMILES string of the molecule is COCCNC(=O)[C@@H]1CCCN1S(=O)(=O)c1cc(C(=O)OC)n(C)c1. The van der Waals surface area contributed by atoms with Crippen molar-refractivity contribution in [1.29, 1.82) is 0 Å². The number of ether oxygens (including phenoxy) is 2. The van der Waals surface area contributed by atoms with Gasteiger partial charge in [-0.1, -0.05) is 0 Å². The van der Waals surface area contributed by atoms with E-state index in [0.717, 1.165) is 0 Å². The molecule has 1 aliphatic heterocycles. The van der Waals surface area contributed by atoms with Gasteiger partial charge >= 0.3 is 5.97 Å². The fourth-order valence-corrected chi connectivity index (χ4v) is 4.53. The first kappa shape index (κ1) is 19.4. The van der Waals surface area contributed by atoms with Gasteiger partial charge in [0.25, 0.3) is 0 Å². The summed E-state index contributed by atoms with van der Waals surface area (Å²) < 4.78 is 37.9. The van der Waals surface area contributed by atoms with Gasteiger partial charge in [0.05, 0.1) is 13.7 Å². The van der Waals surface area contributed by atoms with Crippen LogP contribution in [0.25, 0.3) is 0 Å². The summed E-state index contributed by atoms with van der Waals surface area (Å²) in [5.41, 5.74) is 0.126. The van der Waals surface area contributed by atoms with Gasteiger partial charge < -0.3 is 19.4 Å². The third-order valence-corrected chi connectivity index (χ3v) is 5.97. The van der Waals surface area contributed by atoms with E-state index in [0.29, 0.717) is 26.0 Å². The molecule has 1 aromatic rings. The second kappa shape index (κ2) is 7.98. The predicted molar refractivity (Wildman–Crippen MR) is 88.6 cm³/mol. The molecule has 0 radical (unpaired) electrons. The Hall–Kier alpha value is -1.91. The summed E-state index contributed by atoms with van der Waals surface area (Å²) in [6.07, 6.45) is 2.40. The maximum absolute atomic E-state index is 12.9. The number of amides is 1. The molecule has 9 nitrogen and oxygen atoms in total. The minimum absolute atomic E-state index is 0.0352. The lowest BCUT2D eigenvalue weighted by Crippen LogP contribution is -2.46. The van der Waals surface area contributed by atoms with Crippen molar-refractivity contribution in [1.82, 2.24) is 14.2 Å². The van der Waals surface area contributed by atoms with Crippen LogP contribution in [-0.2, 0) is 31.3 Å². The minimum atomic E-state index is -3.89. The van der Waals surface area contributed by atoms with Crippen molar-refractivity contribution in [2.75, 3.05) is 33.9 Å². The predicted octanol–water partition coefficient (Wildman–Crippen LogP) is -0.273. The van der Waals surface area contributed by atoms with E-state index in [4.69, 9.17) is 4.74 Å². The molecule has 1 amide bonds. The number of rotatable bonds is 7. The summed E-state index contributed by atoms with van der Waals surface area (Å²) in [6, 6.07) is 0.503. The number of nitrogens with zero attached hydrogens (tertiary/aromatic N) is 2. The van der Waals surface area contributed by atoms with Crippen LogP contribution < -0.4 is 5.32 Å². The van der Waals surface area contributed by atoms with Crippen LogP contribution in [0.15, 0.2) is 17.2 Å². The molecule has 140 valence electrons. The molecule has 0 saturated carbocycles. The molecule has 1 saturated heterocycles. The van der Waals surface area contributed by atoms with Crippen LogP contribution in [0.4, 0.5) is 0 Å². The molecule has 0 bridgehead atoms. The van der Waals surface area contributed by atoms with Gasteiger partial charge in [0, 0.05) is 33.4 Å². The van der Waals surface area contributed by atoms with E-state index in [1.54, 1.807) is 7.05 Å². The van der Waals surface area contributed by atoms with E-state index >= 15 is 0 Å². The van der Waals surface area contributed by atoms with Crippen molar-refractivity contribution in [3.05, 3.63) is 18.0 Å². The topological polar surface area (TPSA) is 107 Å². The van der Waals surface area contributed by atoms with Gasteiger partial charge in [0.15, 0.2) is 0 Å². The first-order chi connectivity index (χ1) is 11.8. The van der Waals surface area contributed by atoms with Gasteiger partial charge in [0.2, 0.25) is 15.9 Å². The number of methoxy groups -OCH3 is 2. The summed E-state index contributed by atoms with van der Waals surface area (Å²) in [5.74, 6) is -0.971. The Labute approximate surface area is 146 Å². The lowest BCUT2D eigenvalue weighted by Gasteiger charge is -2.22. The van der Waals surface area contributed by atoms with E-state index in [9.17, 15) is 18.0 Å². The molecule has 1 fully saturated rings. The van der Waals surface area contributed by atoms with Crippen LogP contribution in [0.1, 0.15) is 23.3 Å². The van der Waals surface area contributed by atoms with Gasteiger partial charge in [-0.15, -0.1) is 0 Å². The molecule has 2 heterocycles. The second-order valence-corrected chi connectivity index (χ2v) is 7.61. The number of hydrogen-bond acceptors (Lipinski definition) is 6. The minimum Gasteiger partial charge on any atom is -0.464 e. The maximum Gasteiger partial charge on any atom is 0.354 e. The number of carbonyl (C=O) groups is 2. The molecule has 0 spiro atoms. The number of nitrogens with one attached hydrogen (secondary N) is 1. The van der Waals surface area contributed by atoms with E-state index in [2.05, 4.69) is 10.1 Å². The lowest BCUT2D eigenvalue weighted by molar-refractivity contribution is -0.124. The Bertz CT molecular complexity index is 742. The van der Waals surface area contributed by atoms with E-state index in [-0.39, 0.29) is 23.0 Å². The normalized spacial score (nSPS) is 18.3. The zero-order chi connectivity index (χ0) is 18.6. The average molecular weight is 373 g/mol. The van der Waals surface area contributed by atoms with Gasteiger partial charge in [0.1, 0.15) is 16.6 Å². The van der Waals surface area contributed by atoms with Gasteiger partial charge in [-0.3, -0.25) is 4.79 Å². The quantitative estimate of drug-likeness (QED) is 0.521. The number of aryl methyl sites for hydroxylation is 1. The smallest absolute Gasteiger partial charge is 0.354 e. The molecule has 0 aromatic carbocycles. The molecule has 1 N–H and O–H groups in total. The Morgan fingerprint density at radius 3 is 2.72 bits per heavy atom. The fourth-order valence-electron chi connectivity index (χ4n) is 2.80. The molecular formula is C15H23N3O6S. The Morgan fingerprint density at radius 1 is 1.36 bits per heavy atom. The molecule has 1 atom stereocenters. The van der Waals surface area contributed by atoms with Crippen LogP contribution in [-0.4, -0.2) is 69.1 Å². The highest BCUT2D eigenvalue weighted by molar-refractivity contribution is 7.89. The van der Waals surface area contributed by atoms with Crippen molar-refractivity contribution in [2.45, 2.75) is 23.8 Å². The Balaban J connectivity index is 2.23. The zero-order valence-electron chi connectivity index (χ0n) is 14.5. The molecule has 1 aromatic heterocycles. The largest absolute Gasteiger partial charge is 0.464 e. The third kappa shape index (κ3) is 4.02. The summed E-state index contributed by atoms with van der Waals surface area (Å²) in [7, 11) is 0.413. The summed E-state index contributed by atoms with van der Waals surface area (Å²) in [5, 5.41) is 2.67. The number of aromatic nitrogens is 1. The highest BCUT2D eigenvalue weighted by Gasteiger charge is 2.40. The molecule has 25 heavy (non-hydrogen) atoms. The van der Waals surface area contributed by atoms with Crippen LogP contribution in [0.5, 0.6) is 0 Å². The zero-order valence-corrected chi connectivity index (χ0v) is 15.3. The number of esters is 1. The van der Waals surface area contributed by atoms with Crippen molar-refractivity contribution in [3.63, 3.8) is 0 Å². The molecular weight excluding hydrogens is 350 g/mol. The summed E-state index contributed by atoms with van der Waals surface area (Å²) in [6.45, 7) is 0.928. The summed E-state index contributed by atoms with van der Waals surface area (Å²) in [4.78, 5) is 23.9. The molecule has 0 unspecified atom stereocenters. The van der Waals surface area contributed by atoms with Crippen molar-refractivity contribution in [2.24, 2.45) is 7.05 Å². The molecule has 10 heteroatoms. The highest BCUT2D eigenvalue weighted by Crippen LogP contribution is 2.27. The third-order valence-electron chi connectivity index (χ3n) is 4.09. The van der Waals surface area contributed by atoms with E-state index in [1.165, 1.54) is 35.4 Å². The average Bonchev–Trinajstić information content (AvgIpc) is 3.21. The van der Waals surface area contributed by atoms with Crippen LogP contribution in [0, 0.1) is 0 Å². The number of carbonyl (C=O) groups excluding carboxylic acids is 2.